The van der Waals surface area contributed by atoms with Crippen molar-refractivity contribution >= 4 is 23.5 Å². The molecule has 2 aromatic rings. The van der Waals surface area contributed by atoms with Gasteiger partial charge in [-0.2, -0.15) is 0 Å². The van der Waals surface area contributed by atoms with Gasteiger partial charge in [0.1, 0.15) is 18.2 Å². The number of carbonyl (C=O) groups excluding carboxylic acids is 3. The van der Waals surface area contributed by atoms with E-state index < -0.39 is 11.9 Å². The molecule has 2 aliphatic rings. The van der Waals surface area contributed by atoms with Gasteiger partial charge >= 0.3 is 5.97 Å². The molecule has 0 saturated carbocycles. The van der Waals surface area contributed by atoms with Crippen LogP contribution in [-0.2, 0) is 25.7 Å². The minimum absolute atomic E-state index is 0.0212. The van der Waals surface area contributed by atoms with Crippen molar-refractivity contribution < 1.29 is 23.9 Å². The van der Waals surface area contributed by atoms with Crippen LogP contribution in [0.5, 0.6) is 5.75 Å². The van der Waals surface area contributed by atoms with Gasteiger partial charge in [-0.25, -0.2) is 4.98 Å². The molecular formula is C27H29N3O5. The SMILES string of the molecule is COc1ccc([C@@H]2C(C(=O)Nc3ncccc3C)=C(C)NC3=C2C(=O)CCC3)cc1COC(C)=O. The Morgan fingerprint density at radius 2 is 2.00 bits per heavy atom. The minimum Gasteiger partial charge on any atom is -0.496 e. The summed E-state index contributed by atoms with van der Waals surface area (Å²) in [4.78, 5) is 42.5. The molecule has 1 amide bonds. The average molecular weight is 476 g/mol. The van der Waals surface area contributed by atoms with Gasteiger partial charge in [0, 0.05) is 53.6 Å². The first kappa shape index (κ1) is 24.2. The smallest absolute Gasteiger partial charge is 0.302 e. The Kier molecular flexibility index (Phi) is 7.00. The molecule has 1 atom stereocenters. The number of ether oxygens (including phenoxy) is 2. The predicted octanol–water partition coefficient (Wildman–Crippen LogP) is 4.07. The Morgan fingerprint density at radius 3 is 2.71 bits per heavy atom. The molecule has 8 heteroatoms. The van der Waals surface area contributed by atoms with E-state index in [0.717, 1.165) is 29.7 Å². The number of allylic oxidation sites excluding steroid dienone is 3. The second-order valence-electron chi connectivity index (χ2n) is 8.74. The standard InChI is InChI=1S/C27H29N3O5/c1-15-7-6-12-28-26(15)30-27(33)23-16(2)29-20-8-5-9-21(32)25(20)24(23)18-10-11-22(34-4)19(13-18)14-35-17(3)31/h6-7,10-13,24,29H,5,8-9,14H2,1-4H3,(H,28,30,33)/t24-/m1/s1. The minimum atomic E-state index is -0.579. The maximum Gasteiger partial charge on any atom is 0.302 e. The van der Waals surface area contributed by atoms with E-state index >= 15 is 0 Å². The average Bonchev–Trinajstić information content (AvgIpc) is 2.83. The number of rotatable bonds is 6. The summed E-state index contributed by atoms with van der Waals surface area (Å²) in [5.41, 5.74) is 4.84. The molecule has 1 aliphatic carbocycles. The highest BCUT2D eigenvalue weighted by Gasteiger charge is 2.38. The van der Waals surface area contributed by atoms with E-state index in [2.05, 4.69) is 15.6 Å². The van der Waals surface area contributed by atoms with Crippen LogP contribution in [0, 0.1) is 6.92 Å². The molecule has 0 saturated heterocycles. The molecule has 0 unspecified atom stereocenters. The fourth-order valence-electron chi connectivity index (χ4n) is 4.68. The number of pyridine rings is 1. The molecule has 35 heavy (non-hydrogen) atoms. The second kappa shape index (κ2) is 10.1. The topological polar surface area (TPSA) is 107 Å². The fraction of sp³-hybridized carbons (Fsp3) is 0.333. The molecule has 4 rings (SSSR count). The Bertz CT molecular complexity index is 1260. The summed E-state index contributed by atoms with van der Waals surface area (Å²) >= 11 is 0. The van der Waals surface area contributed by atoms with E-state index in [1.165, 1.54) is 6.92 Å². The van der Waals surface area contributed by atoms with Crippen LogP contribution in [0.3, 0.4) is 0 Å². The summed E-state index contributed by atoms with van der Waals surface area (Å²) < 4.78 is 10.7. The Hall–Kier alpha value is -3.94. The van der Waals surface area contributed by atoms with Crippen LogP contribution in [0.2, 0.25) is 0 Å². The number of dihydropyridines is 1. The van der Waals surface area contributed by atoms with Crippen molar-refractivity contribution in [1.29, 1.82) is 0 Å². The number of hydrogen-bond acceptors (Lipinski definition) is 7. The quantitative estimate of drug-likeness (QED) is 0.607. The second-order valence-corrected chi connectivity index (χ2v) is 8.74. The lowest BCUT2D eigenvalue weighted by atomic mass is 9.74. The van der Waals surface area contributed by atoms with Gasteiger partial charge in [0.25, 0.3) is 5.91 Å². The molecule has 8 nitrogen and oxygen atoms in total. The number of benzene rings is 1. The number of Topliss-reactive ketones (excluding diaryl/α,β-unsaturated/α-hetero) is 1. The van der Waals surface area contributed by atoms with E-state index in [1.807, 2.05) is 32.0 Å². The van der Waals surface area contributed by atoms with Gasteiger partial charge in [-0.3, -0.25) is 14.4 Å². The molecule has 1 aromatic carbocycles. The van der Waals surface area contributed by atoms with Crippen LogP contribution in [0.15, 0.2) is 59.1 Å². The zero-order valence-electron chi connectivity index (χ0n) is 20.4. The molecular weight excluding hydrogens is 446 g/mol. The highest BCUT2D eigenvalue weighted by atomic mass is 16.5. The largest absolute Gasteiger partial charge is 0.496 e. The zero-order chi connectivity index (χ0) is 25.1. The van der Waals surface area contributed by atoms with Crippen molar-refractivity contribution in [2.75, 3.05) is 12.4 Å². The molecule has 1 aromatic heterocycles. The van der Waals surface area contributed by atoms with E-state index in [4.69, 9.17) is 9.47 Å². The van der Waals surface area contributed by atoms with Gasteiger partial charge in [0.15, 0.2) is 5.78 Å². The summed E-state index contributed by atoms with van der Waals surface area (Å²) in [6.45, 7) is 5.08. The number of esters is 1. The monoisotopic (exact) mass is 475 g/mol. The molecule has 2 heterocycles. The van der Waals surface area contributed by atoms with Crippen LogP contribution in [0.4, 0.5) is 5.82 Å². The van der Waals surface area contributed by atoms with Crippen LogP contribution < -0.4 is 15.4 Å². The molecule has 0 spiro atoms. The zero-order valence-corrected chi connectivity index (χ0v) is 20.4. The van der Waals surface area contributed by atoms with Crippen LogP contribution >= 0.6 is 0 Å². The van der Waals surface area contributed by atoms with Crippen molar-refractivity contribution in [2.24, 2.45) is 0 Å². The molecule has 182 valence electrons. The van der Waals surface area contributed by atoms with Gasteiger partial charge in [-0.05, 0) is 56.0 Å². The number of nitrogens with zero attached hydrogens (tertiary/aromatic N) is 1. The van der Waals surface area contributed by atoms with Crippen molar-refractivity contribution in [3.05, 3.63) is 75.8 Å². The Balaban J connectivity index is 1.81. The number of anilines is 1. The fourth-order valence-corrected chi connectivity index (χ4v) is 4.68. The number of carbonyl (C=O) groups is 3. The van der Waals surface area contributed by atoms with Gasteiger partial charge < -0.3 is 20.1 Å². The van der Waals surface area contributed by atoms with Crippen LogP contribution in [0.25, 0.3) is 0 Å². The Morgan fingerprint density at radius 1 is 1.20 bits per heavy atom. The van der Waals surface area contributed by atoms with Crippen molar-refractivity contribution in [3.8, 4) is 5.75 Å². The highest BCUT2D eigenvalue weighted by Crippen LogP contribution is 2.43. The highest BCUT2D eigenvalue weighted by molar-refractivity contribution is 6.09. The number of aryl methyl sites for hydroxylation is 1. The summed E-state index contributed by atoms with van der Waals surface area (Å²) in [5.74, 6) is -0.268. The maximum atomic E-state index is 13.6. The lowest BCUT2D eigenvalue weighted by molar-refractivity contribution is -0.142. The van der Waals surface area contributed by atoms with Crippen molar-refractivity contribution in [1.82, 2.24) is 10.3 Å². The lowest BCUT2D eigenvalue weighted by Crippen LogP contribution is -2.35. The third-order valence-corrected chi connectivity index (χ3v) is 6.33. The number of aromatic nitrogens is 1. The number of amides is 1. The normalized spacial score (nSPS) is 17.5. The number of nitrogens with one attached hydrogen (secondary N) is 2. The van der Waals surface area contributed by atoms with Gasteiger partial charge in [-0.15, -0.1) is 0 Å². The molecule has 0 fully saturated rings. The van der Waals surface area contributed by atoms with E-state index in [-0.39, 0.29) is 18.3 Å². The summed E-state index contributed by atoms with van der Waals surface area (Å²) in [6, 6.07) is 9.15. The van der Waals surface area contributed by atoms with E-state index in [9.17, 15) is 14.4 Å². The Labute approximate surface area is 204 Å². The van der Waals surface area contributed by atoms with Crippen molar-refractivity contribution in [3.63, 3.8) is 0 Å². The van der Waals surface area contributed by atoms with E-state index in [1.54, 1.807) is 25.4 Å². The molecule has 0 radical (unpaired) electrons. The first-order valence-electron chi connectivity index (χ1n) is 11.6. The van der Waals surface area contributed by atoms with Crippen LogP contribution in [-0.4, -0.2) is 29.8 Å². The molecule has 2 N–H and O–H groups in total. The third kappa shape index (κ3) is 4.96. The number of methoxy groups -OCH3 is 1. The van der Waals surface area contributed by atoms with Crippen molar-refractivity contribution in [2.45, 2.75) is 52.6 Å². The third-order valence-electron chi connectivity index (χ3n) is 6.33. The first-order valence-corrected chi connectivity index (χ1v) is 11.6. The summed E-state index contributed by atoms with van der Waals surface area (Å²) in [6.07, 6.45) is 3.55. The molecule has 0 bridgehead atoms. The summed E-state index contributed by atoms with van der Waals surface area (Å²) in [5, 5.41) is 6.24. The van der Waals surface area contributed by atoms with E-state index in [0.29, 0.717) is 40.4 Å². The summed E-state index contributed by atoms with van der Waals surface area (Å²) in [7, 11) is 1.54. The van der Waals surface area contributed by atoms with Crippen LogP contribution in [0.1, 0.15) is 55.7 Å². The number of ketones is 1. The lowest BCUT2D eigenvalue weighted by Gasteiger charge is -2.34. The van der Waals surface area contributed by atoms with Gasteiger partial charge in [-0.1, -0.05) is 12.1 Å². The predicted molar refractivity (Wildman–Crippen MR) is 131 cm³/mol. The first-order chi connectivity index (χ1) is 16.8. The number of hydrogen-bond donors (Lipinski definition) is 2. The van der Waals surface area contributed by atoms with Gasteiger partial charge in [0.05, 0.1) is 7.11 Å². The van der Waals surface area contributed by atoms with Gasteiger partial charge in [0.2, 0.25) is 0 Å². The molecule has 1 aliphatic heterocycles. The maximum absolute atomic E-state index is 13.6.